The number of carbonyl (C=O) groups is 1. The van der Waals surface area contributed by atoms with Crippen LogP contribution in [0.5, 0.6) is 5.75 Å². The van der Waals surface area contributed by atoms with Crippen LogP contribution < -0.4 is 4.74 Å². The molecule has 1 heterocycles. The molecule has 0 saturated carbocycles. The number of halogens is 1. The van der Waals surface area contributed by atoms with Crippen molar-refractivity contribution < 1.29 is 14.3 Å². The lowest BCUT2D eigenvalue weighted by molar-refractivity contribution is -0.144. The molecule has 6 heteroatoms. The van der Waals surface area contributed by atoms with E-state index in [0.717, 1.165) is 21.9 Å². The summed E-state index contributed by atoms with van der Waals surface area (Å²) < 4.78 is 10.4. The molecular weight excluding hydrogens is 358 g/mol. The van der Waals surface area contributed by atoms with Gasteiger partial charge in [-0.1, -0.05) is 41.9 Å². The van der Waals surface area contributed by atoms with Gasteiger partial charge in [-0.15, -0.1) is 11.3 Å². The van der Waals surface area contributed by atoms with Crippen LogP contribution in [0.25, 0.3) is 10.6 Å². The molecule has 3 rings (SSSR count). The van der Waals surface area contributed by atoms with Crippen molar-refractivity contribution in [2.45, 2.75) is 13.0 Å². The Kier molecular flexibility index (Phi) is 5.68. The number of hydrogen-bond donors (Lipinski definition) is 0. The van der Waals surface area contributed by atoms with Crippen molar-refractivity contribution in [3.63, 3.8) is 0 Å². The van der Waals surface area contributed by atoms with Gasteiger partial charge in [-0.25, -0.2) is 4.98 Å². The Balaban J connectivity index is 1.57. The van der Waals surface area contributed by atoms with Crippen molar-refractivity contribution in [1.29, 1.82) is 0 Å². The highest BCUT2D eigenvalue weighted by Crippen LogP contribution is 2.30. The van der Waals surface area contributed by atoms with Gasteiger partial charge in [-0.2, -0.15) is 0 Å². The van der Waals surface area contributed by atoms with Crippen LogP contribution in [0.15, 0.2) is 53.9 Å². The summed E-state index contributed by atoms with van der Waals surface area (Å²) in [4.78, 5) is 16.5. The highest BCUT2D eigenvalue weighted by molar-refractivity contribution is 7.13. The number of rotatable bonds is 6. The standard InChI is InChI=1S/C19H16ClNO3S/c1-23-15-8-6-13(7-9-15)11-24-18(22)10-14-12-25-19(21-14)16-4-2-3-5-17(16)20/h2-9,12H,10-11H2,1H3. The van der Waals surface area contributed by atoms with Crippen LogP contribution in [0.1, 0.15) is 11.3 Å². The number of benzene rings is 2. The van der Waals surface area contributed by atoms with Gasteiger partial charge in [-0.05, 0) is 23.8 Å². The second-order valence-corrected chi connectivity index (χ2v) is 6.57. The Morgan fingerprint density at radius 2 is 1.92 bits per heavy atom. The minimum Gasteiger partial charge on any atom is -0.497 e. The number of ether oxygens (including phenoxy) is 2. The zero-order valence-electron chi connectivity index (χ0n) is 13.6. The number of nitrogens with zero attached hydrogens (tertiary/aromatic N) is 1. The molecule has 0 N–H and O–H groups in total. The summed E-state index contributed by atoms with van der Waals surface area (Å²) in [6.45, 7) is 0.227. The van der Waals surface area contributed by atoms with Crippen molar-refractivity contribution in [3.05, 3.63) is 70.2 Å². The van der Waals surface area contributed by atoms with Gasteiger partial charge in [0.15, 0.2) is 0 Å². The molecule has 0 aliphatic rings. The number of thiazole rings is 1. The normalized spacial score (nSPS) is 10.5. The molecule has 4 nitrogen and oxygen atoms in total. The summed E-state index contributed by atoms with van der Waals surface area (Å²) in [6, 6.07) is 14.9. The van der Waals surface area contributed by atoms with Crippen LogP contribution in [0.2, 0.25) is 5.02 Å². The lowest BCUT2D eigenvalue weighted by atomic mass is 10.2. The molecule has 0 aliphatic carbocycles. The highest BCUT2D eigenvalue weighted by Gasteiger charge is 2.12. The molecule has 0 spiro atoms. The van der Waals surface area contributed by atoms with Crippen LogP contribution >= 0.6 is 22.9 Å². The summed E-state index contributed by atoms with van der Waals surface area (Å²) in [5, 5.41) is 3.29. The average Bonchev–Trinajstić information content (AvgIpc) is 3.09. The number of esters is 1. The molecule has 0 saturated heterocycles. The molecule has 0 unspecified atom stereocenters. The Hall–Kier alpha value is -2.37. The maximum atomic E-state index is 12.0. The molecule has 0 aliphatic heterocycles. The SMILES string of the molecule is COc1ccc(COC(=O)Cc2csc(-c3ccccc3Cl)n2)cc1. The minimum absolute atomic E-state index is 0.136. The third kappa shape index (κ3) is 4.59. The van der Waals surface area contributed by atoms with Crippen molar-refractivity contribution in [1.82, 2.24) is 4.98 Å². The number of hydrogen-bond acceptors (Lipinski definition) is 5. The van der Waals surface area contributed by atoms with Crippen molar-refractivity contribution in [3.8, 4) is 16.3 Å². The predicted molar refractivity (Wildman–Crippen MR) is 99.1 cm³/mol. The maximum absolute atomic E-state index is 12.0. The Labute approximate surface area is 155 Å². The molecule has 0 radical (unpaired) electrons. The van der Waals surface area contributed by atoms with Crippen LogP contribution in [-0.2, 0) is 22.6 Å². The zero-order valence-corrected chi connectivity index (χ0v) is 15.1. The van der Waals surface area contributed by atoms with Gasteiger partial charge in [0.1, 0.15) is 17.4 Å². The van der Waals surface area contributed by atoms with E-state index in [-0.39, 0.29) is 19.0 Å². The van der Waals surface area contributed by atoms with E-state index < -0.39 is 0 Å². The summed E-state index contributed by atoms with van der Waals surface area (Å²) in [5.41, 5.74) is 2.45. The van der Waals surface area contributed by atoms with E-state index in [2.05, 4.69) is 4.98 Å². The summed E-state index contributed by atoms with van der Waals surface area (Å²) in [7, 11) is 1.61. The molecule has 0 atom stereocenters. The van der Waals surface area contributed by atoms with Gasteiger partial charge in [0, 0.05) is 10.9 Å². The van der Waals surface area contributed by atoms with Gasteiger partial charge in [0.2, 0.25) is 0 Å². The first-order valence-electron chi connectivity index (χ1n) is 7.63. The van der Waals surface area contributed by atoms with Crippen molar-refractivity contribution in [2.24, 2.45) is 0 Å². The molecule has 3 aromatic rings. The fourth-order valence-electron chi connectivity index (χ4n) is 2.23. The fourth-order valence-corrected chi connectivity index (χ4v) is 3.37. The molecule has 0 amide bonds. The lowest BCUT2D eigenvalue weighted by Gasteiger charge is -2.05. The maximum Gasteiger partial charge on any atom is 0.312 e. The van der Waals surface area contributed by atoms with Crippen LogP contribution in [0.4, 0.5) is 0 Å². The molecular formula is C19H16ClNO3S. The lowest BCUT2D eigenvalue weighted by Crippen LogP contribution is -2.08. The van der Waals surface area contributed by atoms with E-state index >= 15 is 0 Å². The number of carbonyl (C=O) groups excluding carboxylic acids is 1. The molecule has 25 heavy (non-hydrogen) atoms. The van der Waals surface area contributed by atoms with Crippen LogP contribution in [0, 0.1) is 0 Å². The monoisotopic (exact) mass is 373 g/mol. The van der Waals surface area contributed by atoms with E-state index in [1.165, 1.54) is 11.3 Å². The van der Waals surface area contributed by atoms with E-state index in [0.29, 0.717) is 10.7 Å². The van der Waals surface area contributed by atoms with E-state index in [1.807, 2.05) is 53.9 Å². The summed E-state index contributed by atoms with van der Waals surface area (Å²) in [5.74, 6) is 0.455. The Morgan fingerprint density at radius 3 is 2.64 bits per heavy atom. The molecule has 1 aromatic heterocycles. The first kappa shape index (κ1) is 17.5. The van der Waals surface area contributed by atoms with Crippen molar-refractivity contribution >= 4 is 28.9 Å². The quantitative estimate of drug-likeness (QED) is 0.584. The molecule has 0 bridgehead atoms. The first-order chi connectivity index (χ1) is 12.2. The Morgan fingerprint density at radius 1 is 1.16 bits per heavy atom. The number of methoxy groups -OCH3 is 1. The largest absolute Gasteiger partial charge is 0.497 e. The topological polar surface area (TPSA) is 48.4 Å². The van der Waals surface area contributed by atoms with E-state index in [4.69, 9.17) is 21.1 Å². The third-order valence-corrected chi connectivity index (χ3v) is 4.79. The third-order valence-electron chi connectivity index (χ3n) is 3.54. The average molecular weight is 374 g/mol. The second kappa shape index (κ2) is 8.14. The van der Waals surface area contributed by atoms with E-state index in [1.54, 1.807) is 7.11 Å². The number of aromatic nitrogens is 1. The molecule has 128 valence electrons. The summed E-state index contributed by atoms with van der Waals surface area (Å²) in [6.07, 6.45) is 0.136. The molecule has 2 aromatic carbocycles. The van der Waals surface area contributed by atoms with E-state index in [9.17, 15) is 4.79 Å². The van der Waals surface area contributed by atoms with Gasteiger partial charge in [0.05, 0.1) is 24.2 Å². The Bertz CT molecular complexity index is 861. The van der Waals surface area contributed by atoms with Crippen LogP contribution in [0.3, 0.4) is 0 Å². The first-order valence-corrected chi connectivity index (χ1v) is 8.89. The van der Waals surface area contributed by atoms with Gasteiger partial charge >= 0.3 is 5.97 Å². The second-order valence-electron chi connectivity index (χ2n) is 5.31. The molecule has 0 fully saturated rings. The predicted octanol–water partition coefficient (Wildman–Crippen LogP) is 4.76. The fraction of sp³-hybridized carbons (Fsp3) is 0.158. The van der Waals surface area contributed by atoms with Gasteiger partial charge < -0.3 is 9.47 Å². The van der Waals surface area contributed by atoms with Crippen molar-refractivity contribution in [2.75, 3.05) is 7.11 Å². The van der Waals surface area contributed by atoms with Gasteiger partial charge in [0.25, 0.3) is 0 Å². The minimum atomic E-state index is -0.313. The highest BCUT2D eigenvalue weighted by atomic mass is 35.5. The van der Waals surface area contributed by atoms with Gasteiger partial charge in [-0.3, -0.25) is 4.79 Å². The smallest absolute Gasteiger partial charge is 0.312 e. The zero-order chi connectivity index (χ0) is 17.6. The summed E-state index contributed by atoms with van der Waals surface area (Å²) >= 11 is 7.64. The van der Waals surface area contributed by atoms with Crippen LogP contribution in [-0.4, -0.2) is 18.1 Å².